The first-order valence-electron chi connectivity index (χ1n) is 8.44. The Kier molecular flexibility index (Phi) is 5.67. The van der Waals surface area contributed by atoms with Crippen molar-refractivity contribution in [3.05, 3.63) is 54.0 Å². The van der Waals surface area contributed by atoms with Gasteiger partial charge in [-0.3, -0.25) is 9.59 Å². The second-order valence-corrected chi connectivity index (χ2v) is 7.49. The van der Waals surface area contributed by atoms with Crippen LogP contribution in [0.15, 0.2) is 47.1 Å². The highest BCUT2D eigenvalue weighted by molar-refractivity contribution is 6.00. The van der Waals surface area contributed by atoms with Crippen LogP contribution in [0.3, 0.4) is 0 Å². The second-order valence-electron chi connectivity index (χ2n) is 7.49. The van der Waals surface area contributed by atoms with Crippen molar-refractivity contribution in [2.75, 3.05) is 5.32 Å². The summed E-state index contributed by atoms with van der Waals surface area (Å²) in [5.41, 5.74) is 1.95. The molecular weight excluding hydrogens is 316 g/mol. The van der Waals surface area contributed by atoms with E-state index in [0.717, 1.165) is 0 Å². The molecule has 1 heterocycles. The predicted octanol–water partition coefficient (Wildman–Crippen LogP) is 3.97. The van der Waals surface area contributed by atoms with Gasteiger partial charge < -0.3 is 15.1 Å². The number of amides is 2. The van der Waals surface area contributed by atoms with Crippen LogP contribution < -0.4 is 10.6 Å². The number of carbonyl (C=O) groups is 2. The van der Waals surface area contributed by atoms with Crippen molar-refractivity contribution >= 4 is 17.5 Å². The van der Waals surface area contributed by atoms with Gasteiger partial charge in [-0.15, -0.1) is 0 Å². The normalized spacial score (nSPS) is 12.7. The SMILES string of the molecule is CC(C)[C@H](NC(=O)c1ccco1)C(=O)Nc1ccc(C(C)(C)C)cc1. The predicted molar refractivity (Wildman–Crippen MR) is 98.6 cm³/mol. The maximum atomic E-state index is 12.6. The highest BCUT2D eigenvalue weighted by Crippen LogP contribution is 2.23. The molecule has 5 nitrogen and oxygen atoms in total. The molecule has 0 saturated heterocycles. The first kappa shape index (κ1) is 18.8. The van der Waals surface area contributed by atoms with Crippen LogP contribution in [-0.4, -0.2) is 17.9 Å². The van der Waals surface area contributed by atoms with Gasteiger partial charge in [0, 0.05) is 5.69 Å². The van der Waals surface area contributed by atoms with E-state index in [0.29, 0.717) is 5.69 Å². The molecule has 25 heavy (non-hydrogen) atoms. The van der Waals surface area contributed by atoms with E-state index in [-0.39, 0.29) is 23.0 Å². The molecule has 1 atom stereocenters. The van der Waals surface area contributed by atoms with Gasteiger partial charge in [0.05, 0.1) is 6.26 Å². The second kappa shape index (κ2) is 7.55. The molecule has 0 saturated carbocycles. The van der Waals surface area contributed by atoms with Crippen molar-refractivity contribution in [2.24, 2.45) is 5.92 Å². The highest BCUT2D eigenvalue weighted by Gasteiger charge is 2.25. The Morgan fingerprint density at radius 1 is 1.04 bits per heavy atom. The average molecular weight is 342 g/mol. The van der Waals surface area contributed by atoms with E-state index in [1.165, 1.54) is 11.8 Å². The summed E-state index contributed by atoms with van der Waals surface area (Å²) in [6.45, 7) is 10.2. The van der Waals surface area contributed by atoms with Crippen LogP contribution >= 0.6 is 0 Å². The van der Waals surface area contributed by atoms with Crippen LogP contribution in [0, 0.1) is 5.92 Å². The van der Waals surface area contributed by atoms with E-state index < -0.39 is 11.9 Å². The molecule has 2 aromatic rings. The Bertz CT molecular complexity index is 710. The van der Waals surface area contributed by atoms with E-state index in [4.69, 9.17) is 4.42 Å². The lowest BCUT2D eigenvalue weighted by atomic mass is 9.87. The zero-order valence-corrected chi connectivity index (χ0v) is 15.4. The molecule has 0 fully saturated rings. The van der Waals surface area contributed by atoms with Crippen molar-refractivity contribution in [1.82, 2.24) is 5.32 Å². The summed E-state index contributed by atoms with van der Waals surface area (Å²) in [5.74, 6) is -0.527. The number of rotatable bonds is 5. The number of anilines is 1. The van der Waals surface area contributed by atoms with Gasteiger partial charge in [0.1, 0.15) is 6.04 Å². The van der Waals surface area contributed by atoms with Crippen molar-refractivity contribution in [3.8, 4) is 0 Å². The molecule has 2 amide bonds. The average Bonchev–Trinajstić information content (AvgIpc) is 3.06. The molecule has 1 aromatic carbocycles. The van der Waals surface area contributed by atoms with Crippen molar-refractivity contribution < 1.29 is 14.0 Å². The number of hydrogen-bond donors (Lipinski definition) is 2. The summed E-state index contributed by atoms with van der Waals surface area (Å²) >= 11 is 0. The molecule has 134 valence electrons. The number of furan rings is 1. The lowest BCUT2D eigenvalue weighted by Crippen LogP contribution is -2.47. The topological polar surface area (TPSA) is 71.3 Å². The van der Waals surface area contributed by atoms with Gasteiger partial charge in [-0.1, -0.05) is 46.8 Å². The van der Waals surface area contributed by atoms with Gasteiger partial charge in [-0.2, -0.15) is 0 Å². The third kappa shape index (κ3) is 4.95. The van der Waals surface area contributed by atoms with Crippen LogP contribution in [0.1, 0.15) is 50.7 Å². The van der Waals surface area contributed by atoms with E-state index in [2.05, 4.69) is 31.4 Å². The Hall–Kier alpha value is -2.56. The van der Waals surface area contributed by atoms with Crippen molar-refractivity contribution in [1.29, 1.82) is 0 Å². The first-order valence-corrected chi connectivity index (χ1v) is 8.44. The first-order chi connectivity index (χ1) is 11.7. The summed E-state index contributed by atoms with van der Waals surface area (Å²) in [6.07, 6.45) is 1.43. The lowest BCUT2D eigenvalue weighted by molar-refractivity contribution is -0.118. The largest absolute Gasteiger partial charge is 0.459 e. The van der Waals surface area contributed by atoms with Gasteiger partial charge in [-0.05, 0) is 41.2 Å². The van der Waals surface area contributed by atoms with Crippen LogP contribution in [0.5, 0.6) is 0 Å². The van der Waals surface area contributed by atoms with E-state index in [1.54, 1.807) is 12.1 Å². The molecule has 5 heteroatoms. The Labute approximate surface area is 148 Å². The van der Waals surface area contributed by atoms with Crippen LogP contribution in [-0.2, 0) is 10.2 Å². The fourth-order valence-electron chi connectivity index (χ4n) is 2.43. The third-order valence-corrected chi connectivity index (χ3v) is 4.00. The Morgan fingerprint density at radius 3 is 2.16 bits per heavy atom. The maximum absolute atomic E-state index is 12.6. The third-order valence-electron chi connectivity index (χ3n) is 4.00. The molecule has 2 N–H and O–H groups in total. The lowest BCUT2D eigenvalue weighted by Gasteiger charge is -2.22. The molecular formula is C20H26N2O3. The fourth-order valence-corrected chi connectivity index (χ4v) is 2.43. The molecule has 1 aromatic heterocycles. The number of hydrogen-bond acceptors (Lipinski definition) is 3. The van der Waals surface area contributed by atoms with Gasteiger partial charge in [0.25, 0.3) is 5.91 Å². The summed E-state index contributed by atoms with van der Waals surface area (Å²) in [5, 5.41) is 5.60. The molecule has 0 bridgehead atoms. The van der Waals surface area contributed by atoms with Crippen molar-refractivity contribution in [2.45, 2.75) is 46.1 Å². The molecule has 2 rings (SSSR count). The summed E-state index contributed by atoms with van der Waals surface area (Å²) in [4.78, 5) is 24.7. The Morgan fingerprint density at radius 2 is 1.68 bits per heavy atom. The Balaban J connectivity index is 2.06. The van der Waals surface area contributed by atoms with E-state index >= 15 is 0 Å². The molecule has 0 unspecified atom stereocenters. The van der Waals surface area contributed by atoms with E-state index in [9.17, 15) is 9.59 Å². The summed E-state index contributed by atoms with van der Waals surface area (Å²) in [6, 6.07) is 10.3. The number of benzene rings is 1. The molecule has 0 aliphatic rings. The quantitative estimate of drug-likeness (QED) is 0.863. The minimum atomic E-state index is -0.653. The van der Waals surface area contributed by atoms with Crippen LogP contribution in [0.4, 0.5) is 5.69 Å². The zero-order chi connectivity index (χ0) is 18.6. The zero-order valence-electron chi connectivity index (χ0n) is 15.4. The monoisotopic (exact) mass is 342 g/mol. The van der Waals surface area contributed by atoms with Gasteiger partial charge in [-0.25, -0.2) is 0 Å². The number of nitrogens with one attached hydrogen (secondary N) is 2. The van der Waals surface area contributed by atoms with Crippen molar-refractivity contribution in [3.63, 3.8) is 0 Å². The standard InChI is InChI=1S/C20H26N2O3/c1-13(2)17(22-18(23)16-7-6-12-25-16)19(24)21-15-10-8-14(9-11-15)20(3,4)5/h6-13,17H,1-5H3,(H,21,24)(H,22,23)/t17-/m0/s1. The maximum Gasteiger partial charge on any atom is 0.287 e. The molecule has 0 aliphatic carbocycles. The molecule has 0 radical (unpaired) electrons. The highest BCUT2D eigenvalue weighted by atomic mass is 16.3. The minimum absolute atomic E-state index is 0.0556. The number of carbonyl (C=O) groups excluding carboxylic acids is 2. The van der Waals surface area contributed by atoms with E-state index in [1.807, 2.05) is 38.1 Å². The van der Waals surface area contributed by atoms with Gasteiger partial charge >= 0.3 is 0 Å². The summed E-state index contributed by atoms with van der Waals surface area (Å²) < 4.78 is 5.08. The van der Waals surface area contributed by atoms with Crippen LogP contribution in [0.2, 0.25) is 0 Å². The minimum Gasteiger partial charge on any atom is -0.459 e. The summed E-state index contributed by atoms with van der Waals surface area (Å²) in [7, 11) is 0. The smallest absolute Gasteiger partial charge is 0.287 e. The molecule has 0 aliphatic heterocycles. The fraction of sp³-hybridized carbons (Fsp3) is 0.400. The molecule has 0 spiro atoms. The van der Waals surface area contributed by atoms with Crippen LogP contribution in [0.25, 0.3) is 0 Å². The van der Waals surface area contributed by atoms with Gasteiger partial charge in [0.15, 0.2) is 5.76 Å². The van der Waals surface area contributed by atoms with Gasteiger partial charge in [0.2, 0.25) is 5.91 Å².